The number of carboxylic acid groups (broad SMARTS) is 1. The van der Waals surface area contributed by atoms with Crippen molar-refractivity contribution in [3.05, 3.63) is 0 Å². The number of hydrogen-bond acceptors (Lipinski definition) is 8. The van der Waals surface area contributed by atoms with Gasteiger partial charge >= 0.3 is 5.97 Å². The van der Waals surface area contributed by atoms with Gasteiger partial charge in [0.15, 0.2) is 5.96 Å². The molecule has 1 rings (SSSR count). The Hall–Kier alpha value is -2.58. The number of nitrogens with one attached hydrogen (secondary N) is 6. The van der Waals surface area contributed by atoms with Gasteiger partial charge in [-0.2, -0.15) is 11.8 Å². The first kappa shape index (κ1) is 27.5. The maximum Gasteiger partial charge on any atom is 0.326 e. The highest BCUT2D eigenvalue weighted by molar-refractivity contribution is 7.98. The molecule has 1 heterocycles. The SMILES string of the molecule is CSCC[C@H](NC(=O)CNC(=O)[C@@H]1C[C@@H](O)CN1)C(=O)N[C@@H](CCCNC(=N)N)C(=O)O. The third-order valence-electron chi connectivity index (χ3n) is 4.71. The Bertz CT molecular complexity index is 680. The molecule has 182 valence electrons. The van der Waals surface area contributed by atoms with Crippen molar-refractivity contribution in [1.29, 1.82) is 5.41 Å². The molecule has 10 N–H and O–H groups in total. The Morgan fingerprint density at radius 1 is 1.19 bits per heavy atom. The van der Waals surface area contributed by atoms with E-state index in [0.29, 0.717) is 18.7 Å². The van der Waals surface area contributed by atoms with Gasteiger partial charge in [0.25, 0.3) is 0 Å². The van der Waals surface area contributed by atoms with Crippen LogP contribution in [0.4, 0.5) is 0 Å². The molecule has 0 bridgehead atoms. The zero-order chi connectivity index (χ0) is 24.1. The molecule has 4 atom stereocenters. The van der Waals surface area contributed by atoms with Crippen LogP contribution in [0.5, 0.6) is 0 Å². The molecule has 0 aliphatic carbocycles. The van der Waals surface area contributed by atoms with Crippen LogP contribution in [-0.4, -0.2) is 95.7 Å². The van der Waals surface area contributed by atoms with Gasteiger partial charge in [-0.15, -0.1) is 0 Å². The summed E-state index contributed by atoms with van der Waals surface area (Å²) in [7, 11) is 0. The Balaban J connectivity index is 2.57. The molecule has 0 aromatic heterocycles. The average molecular weight is 476 g/mol. The van der Waals surface area contributed by atoms with E-state index in [1.165, 1.54) is 11.8 Å². The molecule has 1 aliphatic heterocycles. The first-order valence-corrected chi connectivity index (χ1v) is 11.6. The molecule has 0 saturated carbocycles. The fourth-order valence-corrected chi connectivity index (χ4v) is 3.49. The minimum Gasteiger partial charge on any atom is -0.480 e. The van der Waals surface area contributed by atoms with Crippen LogP contribution in [0.3, 0.4) is 0 Å². The minimum absolute atomic E-state index is 0.112. The zero-order valence-corrected chi connectivity index (χ0v) is 18.8. The molecular weight excluding hydrogens is 442 g/mol. The van der Waals surface area contributed by atoms with Gasteiger partial charge < -0.3 is 42.5 Å². The third kappa shape index (κ3) is 10.6. The maximum atomic E-state index is 12.6. The summed E-state index contributed by atoms with van der Waals surface area (Å²) >= 11 is 1.46. The molecule has 13 nitrogen and oxygen atoms in total. The van der Waals surface area contributed by atoms with E-state index in [0.717, 1.165) is 0 Å². The molecule has 1 aliphatic rings. The van der Waals surface area contributed by atoms with E-state index in [1.54, 1.807) is 0 Å². The lowest BCUT2D eigenvalue weighted by atomic mass is 10.1. The van der Waals surface area contributed by atoms with Gasteiger partial charge in [-0.25, -0.2) is 4.79 Å². The van der Waals surface area contributed by atoms with Gasteiger partial charge in [0.05, 0.1) is 18.7 Å². The molecule has 0 aromatic rings. The number of guanidine groups is 1. The van der Waals surface area contributed by atoms with Crippen LogP contribution in [0.15, 0.2) is 0 Å². The van der Waals surface area contributed by atoms with Crippen LogP contribution in [0.25, 0.3) is 0 Å². The van der Waals surface area contributed by atoms with E-state index in [2.05, 4.69) is 26.6 Å². The molecule has 1 fully saturated rings. The summed E-state index contributed by atoms with van der Waals surface area (Å²) in [6, 6.07) is -2.71. The fourth-order valence-electron chi connectivity index (χ4n) is 3.02. The van der Waals surface area contributed by atoms with E-state index >= 15 is 0 Å². The molecule has 0 radical (unpaired) electrons. The zero-order valence-electron chi connectivity index (χ0n) is 18.0. The first-order chi connectivity index (χ1) is 15.1. The van der Waals surface area contributed by atoms with Crippen LogP contribution in [0.1, 0.15) is 25.7 Å². The second-order valence-corrected chi connectivity index (χ2v) is 8.34. The van der Waals surface area contributed by atoms with Crippen molar-refractivity contribution in [2.45, 2.75) is 49.9 Å². The number of hydrogen-bond donors (Lipinski definition) is 9. The predicted molar refractivity (Wildman–Crippen MR) is 119 cm³/mol. The van der Waals surface area contributed by atoms with Crippen molar-refractivity contribution >= 4 is 41.4 Å². The highest BCUT2D eigenvalue weighted by Crippen LogP contribution is 2.06. The van der Waals surface area contributed by atoms with Crippen molar-refractivity contribution < 1.29 is 29.4 Å². The van der Waals surface area contributed by atoms with Crippen LogP contribution in [-0.2, 0) is 19.2 Å². The van der Waals surface area contributed by atoms with Crippen LogP contribution >= 0.6 is 11.8 Å². The Morgan fingerprint density at radius 3 is 2.47 bits per heavy atom. The lowest BCUT2D eigenvalue weighted by molar-refractivity contribution is -0.142. The Labute approximate surface area is 190 Å². The highest BCUT2D eigenvalue weighted by atomic mass is 32.2. The van der Waals surface area contributed by atoms with Crippen molar-refractivity contribution in [3.8, 4) is 0 Å². The molecule has 32 heavy (non-hydrogen) atoms. The number of carbonyl (C=O) groups is 4. The van der Waals surface area contributed by atoms with E-state index in [9.17, 15) is 29.4 Å². The van der Waals surface area contributed by atoms with E-state index in [-0.39, 0.29) is 38.3 Å². The first-order valence-electron chi connectivity index (χ1n) is 10.2. The van der Waals surface area contributed by atoms with Crippen molar-refractivity contribution in [1.82, 2.24) is 26.6 Å². The van der Waals surface area contributed by atoms with Crippen molar-refractivity contribution in [2.75, 3.05) is 31.6 Å². The highest BCUT2D eigenvalue weighted by Gasteiger charge is 2.29. The summed E-state index contributed by atoms with van der Waals surface area (Å²) in [6.45, 7) is 0.236. The molecule has 0 aromatic carbocycles. The van der Waals surface area contributed by atoms with E-state index < -0.39 is 47.9 Å². The summed E-state index contributed by atoms with van der Waals surface area (Å²) in [6.07, 6.45) is 2.23. The molecule has 14 heteroatoms. The number of carboxylic acids is 1. The quantitative estimate of drug-likeness (QED) is 0.0699. The standard InChI is InChI=1S/C18H33N7O6S/c1-32-6-4-11(16(29)25-12(17(30)31)3-2-5-21-18(19)20)24-14(27)9-23-15(28)13-7-10(26)8-22-13/h10-13,22,26H,2-9H2,1H3,(H,23,28)(H,24,27)(H,25,29)(H,30,31)(H4,19,20,21)/t10-,11+,12+,13+/m1/s1. The molecule has 3 amide bonds. The summed E-state index contributed by atoms with van der Waals surface area (Å²) in [4.78, 5) is 48.4. The van der Waals surface area contributed by atoms with E-state index in [1.807, 2.05) is 6.26 Å². The number of aliphatic hydroxyl groups excluding tert-OH is 1. The van der Waals surface area contributed by atoms with Gasteiger partial charge in [-0.1, -0.05) is 0 Å². The monoisotopic (exact) mass is 475 g/mol. The van der Waals surface area contributed by atoms with Crippen LogP contribution in [0.2, 0.25) is 0 Å². The smallest absolute Gasteiger partial charge is 0.326 e. The minimum atomic E-state index is -1.21. The number of β-amino-alcohol motifs (C(OH)–C–C–N with tert-alkyl or cyclic N) is 1. The number of rotatable bonds is 14. The number of amides is 3. The summed E-state index contributed by atoms with van der Waals surface area (Å²) in [5, 5.41) is 38.7. The average Bonchev–Trinajstić information content (AvgIpc) is 3.17. The van der Waals surface area contributed by atoms with Gasteiger partial charge in [0.2, 0.25) is 17.7 Å². The fraction of sp³-hybridized carbons (Fsp3) is 0.722. The van der Waals surface area contributed by atoms with Crippen LogP contribution < -0.4 is 32.3 Å². The second kappa shape index (κ2) is 14.5. The van der Waals surface area contributed by atoms with Gasteiger partial charge in [-0.3, -0.25) is 19.8 Å². The van der Waals surface area contributed by atoms with Gasteiger partial charge in [0, 0.05) is 13.1 Å². The number of nitrogens with two attached hydrogens (primary N) is 1. The number of thioether (sulfide) groups is 1. The maximum absolute atomic E-state index is 12.6. The molecule has 0 unspecified atom stereocenters. The largest absolute Gasteiger partial charge is 0.480 e. The van der Waals surface area contributed by atoms with Gasteiger partial charge in [-0.05, 0) is 37.7 Å². The summed E-state index contributed by atoms with van der Waals surface area (Å²) in [5.74, 6) is -2.54. The van der Waals surface area contributed by atoms with E-state index in [4.69, 9.17) is 11.1 Å². The number of carbonyl (C=O) groups excluding carboxylic acids is 3. The molecular formula is C18H33N7O6S. The third-order valence-corrected chi connectivity index (χ3v) is 5.35. The Kier molecular flexibility index (Phi) is 12.4. The topological polar surface area (TPSA) is 219 Å². The summed E-state index contributed by atoms with van der Waals surface area (Å²) < 4.78 is 0. The number of aliphatic hydroxyl groups is 1. The second-order valence-electron chi connectivity index (χ2n) is 7.35. The lowest BCUT2D eigenvalue weighted by Gasteiger charge is -2.21. The van der Waals surface area contributed by atoms with Crippen LogP contribution in [0, 0.1) is 5.41 Å². The number of aliphatic carboxylic acids is 1. The van der Waals surface area contributed by atoms with Crippen molar-refractivity contribution in [2.24, 2.45) is 5.73 Å². The molecule has 1 saturated heterocycles. The van der Waals surface area contributed by atoms with Crippen molar-refractivity contribution in [3.63, 3.8) is 0 Å². The normalized spacial score (nSPS) is 19.4. The predicted octanol–water partition coefficient (Wildman–Crippen LogP) is -3.10. The van der Waals surface area contributed by atoms with Gasteiger partial charge in [0.1, 0.15) is 12.1 Å². The Morgan fingerprint density at radius 2 is 1.91 bits per heavy atom. The summed E-state index contributed by atoms with van der Waals surface area (Å²) in [5.41, 5.74) is 5.17. The lowest BCUT2D eigenvalue weighted by Crippen LogP contribution is -2.54. The molecule has 0 spiro atoms.